The number of carboxylic acid groups (broad SMARTS) is 1. The van der Waals surface area contributed by atoms with Crippen LogP contribution in [0.3, 0.4) is 0 Å². The summed E-state index contributed by atoms with van der Waals surface area (Å²) >= 11 is 0. The third-order valence-corrected chi connectivity index (χ3v) is 4.04. The number of rotatable bonds is 11. The van der Waals surface area contributed by atoms with Crippen LogP contribution >= 0.6 is 0 Å². The fraction of sp³-hybridized carbons (Fsp3) is 0.278. The fourth-order valence-corrected chi connectivity index (χ4v) is 2.55. The molecule has 2 aromatic rings. The minimum absolute atomic E-state index is 0.0205. The normalized spacial score (nSPS) is 11.4. The first-order valence-electron chi connectivity index (χ1n) is 8.59. The summed E-state index contributed by atoms with van der Waals surface area (Å²) in [7, 11) is 0. The molecule has 10 heteroatoms. The van der Waals surface area contributed by atoms with Crippen LogP contribution < -0.4 is 10.6 Å². The van der Waals surface area contributed by atoms with Gasteiger partial charge in [-0.3, -0.25) is 20.2 Å². The smallest absolute Gasteiger partial charge is 0.326 e. The lowest BCUT2D eigenvalue weighted by Crippen LogP contribution is -2.29. The molecule has 0 aliphatic rings. The summed E-state index contributed by atoms with van der Waals surface area (Å²) in [6.07, 6.45) is 1.73. The Morgan fingerprint density at radius 3 is 1.86 bits per heavy atom. The Morgan fingerprint density at radius 1 is 0.893 bits per heavy atom. The monoisotopic (exact) mass is 388 g/mol. The maximum absolute atomic E-state index is 11.4. The number of carboxylic acids is 1. The van der Waals surface area contributed by atoms with E-state index in [1.807, 2.05) is 0 Å². The molecule has 0 saturated carbocycles. The number of non-ortho nitro benzene ring substituents is 2. The van der Waals surface area contributed by atoms with Gasteiger partial charge >= 0.3 is 5.97 Å². The van der Waals surface area contributed by atoms with Crippen LogP contribution in [0.25, 0.3) is 0 Å². The number of nitro benzene ring substituents is 2. The Bertz CT molecular complexity index is 823. The molecular weight excluding hydrogens is 368 g/mol. The van der Waals surface area contributed by atoms with Crippen LogP contribution in [-0.4, -0.2) is 33.5 Å². The number of hydrogen-bond acceptors (Lipinski definition) is 7. The van der Waals surface area contributed by atoms with E-state index < -0.39 is 21.9 Å². The number of benzene rings is 2. The summed E-state index contributed by atoms with van der Waals surface area (Å²) in [6.45, 7) is 0.599. The zero-order valence-electron chi connectivity index (χ0n) is 14.9. The van der Waals surface area contributed by atoms with Crippen LogP contribution in [0, 0.1) is 20.2 Å². The van der Waals surface area contributed by atoms with E-state index in [0.29, 0.717) is 31.5 Å². The Hall–Kier alpha value is -3.69. The van der Waals surface area contributed by atoms with E-state index in [2.05, 4.69) is 10.6 Å². The van der Waals surface area contributed by atoms with E-state index in [1.54, 1.807) is 12.1 Å². The lowest BCUT2D eigenvalue weighted by Gasteiger charge is -2.15. The van der Waals surface area contributed by atoms with E-state index >= 15 is 0 Å². The number of unbranched alkanes of at least 4 members (excludes halogenated alkanes) is 1. The Kier molecular flexibility index (Phi) is 7.26. The first-order valence-corrected chi connectivity index (χ1v) is 8.59. The predicted octanol–water partition coefficient (Wildman–Crippen LogP) is 3.65. The number of anilines is 2. The highest BCUT2D eigenvalue weighted by atomic mass is 16.6. The molecule has 2 rings (SSSR count). The van der Waals surface area contributed by atoms with Crippen molar-refractivity contribution in [2.45, 2.75) is 25.3 Å². The molecule has 0 aromatic heterocycles. The number of nitrogens with zero attached hydrogens (tertiary/aromatic N) is 2. The Labute approximate surface area is 160 Å². The highest BCUT2D eigenvalue weighted by Gasteiger charge is 2.17. The van der Waals surface area contributed by atoms with Gasteiger partial charge in [0.25, 0.3) is 11.4 Å². The van der Waals surface area contributed by atoms with Crippen LogP contribution in [0.4, 0.5) is 22.7 Å². The second kappa shape index (κ2) is 9.86. The molecule has 28 heavy (non-hydrogen) atoms. The van der Waals surface area contributed by atoms with Crippen molar-refractivity contribution < 1.29 is 19.7 Å². The van der Waals surface area contributed by atoms with E-state index in [0.717, 1.165) is 5.69 Å². The molecule has 0 spiro atoms. The van der Waals surface area contributed by atoms with Crippen molar-refractivity contribution in [1.82, 2.24) is 0 Å². The van der Waals surface area contributed by atoms with Crippen molar-refractivity contribution in [3.05, 3.63) is 68.8 Å². The van der Waals surface area contributed by atoms with E-state index in [-0.39, 0.29) is 11.4 Å². The van der Waals surface area contributed by atoms with Crippen molar-refractivity contribution in [1.29, 1.82) is 0 Å². The molecule has 0 bridgehead atoms. The molecule has 0 aliphatic heterocycles. The second-order valence-corrected chi connectivity index (χ2v) is 6.07. The van der Waals surface area contributed by atoms with Crippen LogP contribution in [0.15, 0.2) is 48.5 Å². The summed E-state index contributed by atoms with van der Waals surface area (Å²) in [6, 6.07) is 10.8. The molecule has 1 unspecified atom stereocenters. The van der Waals surface area contributed by atoms with Gasteiger partial charge in [0.2, 0.25) is 0 Å². The summed E-state index contributed by atoms with van der Waals surface area (Å²) in [4.78, 5) is 31.7. The van der Waals surface area contributed by atoms with E-state index in [1.165, 1.54) is 36.4 Å². The summed E-state index contributed by atoms with van der Waals surface area (Å²) in [5.41, 5.74) is 1.22. The molecule has 0 fully saturated rings. The molecule has 3 N–H and O–H groups in total. The molecular formula is C18H20N4O6. The van der Waals surface area contributed by atoms with Crippen molar-refractivity contribution in [3.63, 3.8) is 0 Å². The number of hydrogen-bond donors (Lipinski definition) is 3. The summed E-state index contributed by atoms with van der Waals surface area (Å²) in [5, 5.41) is 36.6. The molecule has 0 amide bonds. The van der Waals surface area contributed by atoms with E-state index in [4.69, 9.17) is 0 Å². The van der Waals surface area contributed by atoms with Crippen molar-refractivity contribution >= 4 is 28.7 Å². The average molecular weight is 388 g/mol. The molecule has 2 aromatic carbocycles. The van der Waals surface area contributed by atoms with Crippen molar-refractivity contribution in [2.24, 2.45) is 0 Å². The molecule has 10 nitrogen and oxygen atoms in total. The van der Waals surface area contributed by atoms with Crippen molar-refractivity contribution in [3.8, 4) is 0 Å². The third-order valence-electron chi connectivity index (χ3n) is 4.04. The van der Waals surface area contributed by atoms with E-state index in [9.17, 15) is 30.1 Å². The topological polar surface area (TPSA) is 148 Å². The molecule has 1 atom stereocenters. The van der Waals surface area contributed by atoms with Gasteiger partial charge in [-0.05, 0) is 43.5 Å². The molecule has 0 aliphatic carbocycles. The third kappa shape index (κ3) is 6.24. The van der Waals surface area contributed by atoms with Gasteiger partial charge in [-0.25, -0.2) is 4.79 Å². The maximum atomic E-state index is 11.4. The van der Waals surface area contributed by atoms with Gasteiger partial charge in [-0.15, -0.1) is 0 Å². The summed E-state index contributed by atoms with van der Waals surface area (Å²) in [5.74, 6) is -0.998. The SMILES string of the molecule is O=C(O)C(CCCCNc1ccc([N+](=O)[O-])cc1)Nc1ccc([N+](=O)[O-])cc1. The first-order chi connectivity index (χ1) is 13.4. The molecule has 0 radical (unpaired) electrons. The minimum Gasteiger partial charge on any atom is -0.480 e. The van der Waals surface area contributed by atoms with Crippen LogP contribution in [-0.2, 0) is 4.79 Å². The van der Waals surface area contributed by atoms with Gasteiger partial charge in [-0.1, -0.05) is 0 Å². The standard InChI is InChI=1S/C18H20N4O6/c23-18(24)17(20-14-6-10-16(11-7-14)22(27)28)3-1-2-12-19-13-4-8-15(9-5-13)21(25)26/h4-11,17,19-20H,1-3,12H2,(H,23,24). The fourth-order valence-electron chi connectivity index (χ4n) is 2.55. The largest absolute Gasteiger partial charge is 0.480 e. The lowest BCUT2D eigenvalue weighted by molar-refractivity contribution is -0.385. The van der Waals surface area contributed by atoms with Crippen LogP contribution in [0.5, 0.6) is 0 Å². The first kappa shape index (κ1) is 20.6. The maximum Gasteiger partial charge on any atom is 0.326 e. The molecule has 0 saturated heterocycles. The Balaban J connectivity index is 1.76. The van der Waals surface area contributed by atoms with Gasteiger partial charge in [-0.2, -0.15) is 0 Å². The zero-order chi connectivity index (χ0) is 20.5. The minimum atomic E-state index is -0.998. The molecule has 0 heterocycles. The van der Waals surface area contributed by atoms with Gasteiger partial charge < -0.3 is 15.7 Å². The lowest BCUT2D eigenvalue weighted by atomic mass is 10.1. The number of nitrogens with one attached hydrogen (secondary N) is 2. The quantitative estimate of drug-likeness (QED) is 0.300. The second-order valence-electron chi connectivity index (χ2n) is 6.07. The number of carbonyl (C=O) groups is 1. The molecule has 148 valence electrons. The van der Waals surface area contributed by atoms with Gasteiger partial charge in [0.15, 0.2) is 0 Å². The zero-order valence-corrected chi connectivity index (χ0v) is 14.9. The number of nitro groups is 2. The summed E-state index contributed by atoms with van der Waals surface area (Å²) < 4.78 is 0. The van der Waals surface area contributed by atoms with Gasteiger partial charge in [0, 0.05) is 42.2 Å². The average Bonchev–Trinajstić information content (AvgIpc) is 2.67. The number of aliphatic carboxylic acids is 1. The highest BCUT2D eigenvalue weighted by molar-refractivity contribution is 5.77. The van der Waals surface area contributed by atoms with Crippen LogP contribution in [0.1, 0.15) is 19.3 Å². The predicted molar refractivity (Wildman–Crippen MR) is 104 cm³/mol. The van der Waals surface area contributed by atoms with Crippen molar-refractivity contribution in [2.75, 3.05) is 17.2 Å². The van der Waals surface area contributed by atoms with Crippen LogP contribution in [0.2, 0.25) is 0 Å². The highest BCUT2D eigenvalue weighted by Crippen LogP contribution is 2.18. The van der Waals surface area contributed by atoms with Gasteiger partial charge in [0.05, 0.1) is 9.85 Å². The Morgan fingerprint density at radius 2 is 1.39 bits per heavy atom. The van der Waals surface area contributed by atoms with Gasteiger partial charge in [0.1, 0.15) is 6.04 Å².